The summed E-state index contributed by atoms with van der Waals surface area (Å²) in [7, 11) is 0.963. The highest BCUT2D eigenvalue weighted by Crippen LogP contribution is 2.18. The largest absolute Gasteiger partial charge is 0.355 e. The molecule has 0 amide bonds. The van der Waals surface area contributed by atoms with E-state index in [-0.39, 0.29) is 5.41 Å². The highest BCUT2D eigenvalue weighted by atomic mass is 28.1. The third-order valence-electron chi connectivity index (χ3n) is 2.63. The van der Waals surface area contributed by atoms with E-state index in [4.69, 9.17) is 9.47 Å². The Morgan fingerprint density at radius 2 is 1.40 bits per heavy atom. The first-order valence-corrected chi connectivity index (χ1v) is 7.46. The van der Waals surface area contributed by atoms with Gasteiger partial charge < -0.3 is 9.47 Å². The van der Waals surface area contributed by atoms with Crippen LogP contribution in [0.5, 0.6) is 0 Å². The molecule has 0 rings (SSSR count). The Kier molecular flexibility index (Phi) is 9.45. The second-order valence-electron chi connectivity index (χ2n) is 4.16. The van der Waals surface area contributed by atoms with E-state index in [1.807, 2.05) is 13.8 Å². The molecule has 92 valence electrons. The van der Waals surface area contributed by atoms with Gasteiger partial charge in [0.05, 0.1) is 10.2 Å². The summed E-state index contributed by atoms with van der Waals surface area (Å²) in [4.78, 5) is 0. The molecule has 0 N–H and O–H groups in total. The number of hydrogen-bond acceptors (Lipinski definition) is 2. The van der Waals surface area contributed by atoms with Crippen LogP contribution in [0.15, 0.2) is 0 Å². The molecule has 3 heteroatoms. The first kappa shape index (κ1) is 15.1. The molecule has 0 aromatic rings. The quantitative estimate of drug-likeness (QED) is 0.327. The van der Waals surface area contributed by atoms with Gasteiger partial charge in [-0.05, 0) is 26.7 Å². The standard InChI is InChI=1S/C12H28O2Si/c1-4-7-8-9-10-11-12(15,13-5-2)14-6-3/h4-11H2,1-3,15H3. The zero-order valence-electron chi connectivity index (χ0n) is 11.0. The van der Waals surface area contributed by atoms with E-state index in [0.29, 0.717) is 0 Å². The number of rotatable bonds is 10. The fraction of sp³-hybridized carbons (Fsp3) is 1.00. The first-order chi connectivity index (χ1) is 7.18. The minimum Gasteiger partial charge on any atom is -0.355 e. The molecule has 0 aliphatic rings. The van der Waals surface area contributed by atoms with Crippen molar-refractivity contribution in [3.05, 3.63) is 0 Å². The SMILES string of the molecule is CCCCCCCC([SiH3])(OCC)OCC. The van der Waals surface area contributed by atoms with Crippen LogP contribution in [0.25, 0.3) is 0 Å². The molecule has 0 aromatic heterocycles. The van der Waals surface area contributed by atoms with Crippen molar-refractivity contribution < 1.29 is 9.47 Å². The third-order valence-corrected chi connectivity index (χ3v) is 3.71. The first-order valence-electron chi connectivity index (χ1n) is 6.46. The number of unbranched alkanes of at least 4 members (excludes halogenated alkanes) is 4. The Labute approximate surface area is 98.2 Å². The highest BCUT2D eigenvalue weighted by Gasteiger charge is 2.23. The van der Waals surface area contributed by atoms with E-state index in [9.17, 15) is 0 Å². The second kappa shape index (κ2) is 9.37. The summed E-state index contributed by atoms with van der Waals surface area (Å²) in [5, 5.41) is 0. The molecular formula is C12H28O2Si. The molecule has 2 nitrogen and oxygen atoms in total. The van der Waals surface area contributed by atoms with Crippen LogP contribution in [0.4, 0.5) is 0 Å². The Morgan fingerprint density at radius 3 is 1.87 bits per heavy atom. The highest BCUT2D eigenvalue weighted by molar-refractivity contribution is 6.13. The minimum atomic E-state index is -0.213. The third kappa shape index (κ3) is 8.00. The van der Waals surface area contributed by atoms with Crippen molar-refractivity contribution in [2.75, 3.05) is 13.2 Å². The predicted octanol–water partition coefficient (Wildman–Crippen LogP) is 2.44. The Hall–Kier alpha value is 0.137. The van der Waals surface area contributed by atoms with E-state index in [1.165, 1.54) is 32.1 Å². The number of ether oxygens (including phenoxy) is 2. The normalized spacial score (nSPS) is 12.2. The van der Waals surface area contributed by atoms with Gasteiger partial charge in [-0.25, -0.2) is 0 Å². The van der Waals surface area contributed by atoms with Crippen LogP contribution in [-0.2, 0) is 9.47 Å². The van der Waals surface area contributed by atoms with E-state index in [2.05, 4.69) is 6.92 Å². The van der Waals surface area contributed by atoms with Gasteiger partial charge in [0.1, 0.15) is 5.41 Å². The van der Waals surface area contributed by atoms with Gasteiger partial charge in [-0.1, -0.05) is 32.6 Å². The van der Waals surface area contributed by atoms with E-state index in [1.54, 1.807) is 0 Å². The van der Waals surface area contributed by atoms with E-state index >= 15 is 0 Å². The van der Waals surface area contributed by atoms with Crippen molar-refractivity contribution >= 4 is 10.2 Å². The molecule has 0 atom stereocenters. The van der Waals surface area contributed by atoms with Gasteiger partial charge in [-0.2, -0.15) is 0 Å². The molecule has 0 radical (unpaired) electrons. The Balaban J connectivity index is 3.65. The van der Waals surface area contributed by atoms with Crippen molar-refractivity contribution in [1.82, 2.24) is 0 Å². The average molecular weight is 232 g/mol. The molecule has 0 aromatic carbocycles. The van der Waals surface area contributed by atoms with Crippen LogP contribution in [0.1, 0.15) is 59.3 Å². The average Bonchev–Trinajstić information content (AvgIpc) is 2.18. The molecule has 0 unspecified atom stereocenters. The van der Waals surface area contributed by atoms with Crippen LogP contribution in [0.3, 0.4) is 0 Å². The van der Waals surface area contributed by atoms with Gasteiger partial charge in [-0.3, -0.25) is 0 Å². The maximum atomic E-state index is 5.72. The molecular weight excluding hydrogens is 204 g/mol. The molecule has 0 saturated heterocycles. The lowest BCUT2D eigenvalue weighted by Crippen LogP contribution is -2.36. The molecule has 15 heavy (non-hydrogen) atoms. The van der Waals surface area contributed by atoms with E-state index < -0.39 is 0 Å². The van der Waals surface area contributed by atoms with E-state index in [0.717, 1.165) is 29.9 Å². The fourth-order valence-corrected chi connectivity index (χ4v) is 2.78. The van der Waals surface area contributed by atoms with Crippen LogP contribution in [0, 0.1) is 0 Å². The minimum absolute atomic E-state index is 0.213. The maximum absolute atomic E-state index is 5.72. The van der Waals surface area contributed by atoms with Crippen molar-refractivity contribution in [1.29, 1.82) is 0 Å². The van der Waals surface area contributed by atoms with Crippen LogP contribution in [0.2, 0.25) is 0 Å². The smallest absolute Gasteiger partial charge is 0.141 e. The Bertz CT molecular complexity index is 134. The topological polar surface area (TPSA) is 18.5 Å². The zero-order valence-corrected chi connectivity index (χ0v) is 13.0. The van der Waals surface area contributed by atoms with Crippen LogP contribution >= 0.6 is 0 Å². The molecule has 0 fully saturated rings. The molecule has 0 saturated carbocycles. The summed E-state index contributed by atoms with van der Waals surface area (Å²) in [6.45, 7) is 7.86. The lowest BCUT2D eigenvalue weighted by molar-refractivity contribution is -0.177. The van der Waals surface area contributed by atoms with Gasteiger partial charge >= 0.3 is 0 Å². The van der Waals surface area contributed by atoms with Crippen LogP contribution < -0.4 is 0 Å². The molecule has 0 spiro atoms. The lowest BCUT2D eigenvalue weighted by atomic mass is 10.1. The summed E-state index contributed by atoms with van der Waals surface area (Å²) >= 11 is 0. The van der Waals surface area contributed by atoms with Crippen LogP contribution in [-0.4, -0.2) is 28.9 Å². The van der Waals surface area contributed by atoms with Crippen molar-refractivity contribution in [3.63, 3.8) is 0 Å². The van der Waals surface area contributed by atoms with Gasteiger partial charge in [0.15, 0.2) is 0 Å². The fourth-order valence-electron chi connectivity index (χ4n) is 1.85. The van der Waals surface area contributed by atoms with Gasteiger partial charge in [0, 0.05) is 13.2 Å². The summed E-state index contributed by atoms with van der Waals surface area (Å²) in [6.07, 6.45) is 7.65. The lowest BCUT2D eigenvalue weighted by Gasteiger charge is -2.29. The monoisotopic (exact) mass is 232 g/mol. The summed E-state index contributed by atoms with van der Waals surface area (Å²) in [6, 6.07) is 0. The zero-order chi connectivity index (χ0) is 11.6. The molecule has 0 aliphatic carbocycles. The van der Waals surface area contributed by atoms with Gasteiger partial charge in [0.25, 0.3) is 0 Å². The van der Waals surface area contributed by atoms with Gasteiger partial charge in [0.2, 0.25) is 0 Å². The summed E-state index contributed by atoms with van der Waals surface area (Å²) in [5.41, 5.74) is -0.213. The maximum Gasteiger partial charge on any atom is 0.141 e. The molecule has 0 bridgehead atoms. The van der Waals surface area contributed by atoms with Gasteiger partial charge in [-0.15, -0.1) is 0 Å². The van der Waals surface area contributed by atoms with Crippen molar-refractivity contribution in [2.24, 2.45) is 0 Å². The summed E-state index contributed by atoms with van der Waals surface area (Å²) < 4.78 is 11.4. The number of hydrogen-bond donors (Lipinski definition) is 0. The predicted molar refractivity (Wildman–Crippen MR) is 69.3 cm³/mol. The van der Waals surface area contributed by atoms with Crippen molar-refractivity contribution in [3.8, 4) is 0 Å². The summed E-state index contributed by atoms with van der Waals surface area (Å²) in [5.74, 6) is 0. The molecule has 0 heterocycles. The molecule has 0 aliphatic heterocycles. The van der Waals surface area contributed by atoms with Crippen molar-refractivity contribution in [2.45, 2.75) is 64.7 Å². The second-order valence-corrected chi connectivity index (χ2v) is 5.69. The Morgan fingerprint density at radius 1 is 0.867 bits per heavy atom.